The Balaban J connectivity index is 1.66. The van der Waals surface area contributed by atoms with Gasteiger partial charge in [-0.15, -0.1) is 11.3 Å². The molecule has 0 radical (unpaired) electrons. The number of aromatic nitrogens is 2. The number of aryl methyl sites for hydroxylation is 1. The van der Waals surface area contributed by atoms with Crippen LogP contribution >= 0.6 is 22.9 Å². The number of esters is 1. The van der Waals surface area contributed by atoms with Crippen LogP contribution in [0.15, 0.2) is 42.5 Å². The normalized spacial score (nSPS) is 10.5. The molecule has 0 fully saturated rings. The third-order valence-corrected chi connectivity index (χ3v) is 5.31. The Morgan fingerprint density at radius 3 is 2.61 bits per heavy atom. The molecule has 1 aromatic carbocycles. The second kappa shape index (κ2) is 8.83. The fraction of sp³-hybridized carbons (Fsp3) is 0.200. The summed E-state index contributed by atoms with van der Waals surface area (Å²) in [6, 6.07) is 14.7. The highest BCUT2D eigenvalue weighted by atomic mass is 35.5. The first-order valence-corrected chi connectivity index (χ1v) is 9.67. The van der Waals surface area contributed by atoms with Gasteiger partial charge in [-0.3, -0.25) is 9.59 Å². The molecule has 0 saturated carbocycles. The maximum absolute atomic E-state index is 12.1. The van der Waals surface area contributed by atoms with E-state index in [0.29, 0.717) is 26.2 Å². The summed E-state index contributed by atoms with van der Waals surface area (Å²) in [7, 11) is 0. The number of Topliss-reactive ketones (excluding diaryl/α,β-unsaturated/α-hetero) is 1. The Bertz CT molecular complexity index is 1050. The molecule has 142 valence electrons. The number of thiophene rings is 1. The summed E-state index contributed by atoms with van der Waals surface area (Å²) in [5, 5.41) is 13.8. The van der Waals surface area contributed by atoms with E-state index in [1.165, 1.54) is 11.3 Å². The number of carbonyl (C=O) groups is 2. The van der Waals surface area contributed by atoms with Crippen LogP contribution in [0.25, 0.3) is 5.69 Å². The van der Waals surface area contributed by atoms with Crippen LogP contribution in [0.3, 0.4) is 0 Å². The quantitative estimate of drug-likeness (QED) is 0.421. The van der Waals surface area contributed by atoms with Crippen LogP contribution in [-0.2, 0) is 16.1 Å². The van der Waals surface area contributed by atoms with Gasteiger partial charge >= 0.3 is 5.97 Å². The monoisotopic (exact) mass is 413 g/mol. The molecular weight excluding hydrogens is 398 g/mol. The van der Waals surface area contributed by atoms with E-state index in [9.17, 15) is 14.9 Å². The summed E-state index contributed by atoms with van der Waals surface area (Å²) in [4.78, 5) is 24.7. The average Bonchev–Trinajstić information content (AvgIpc) is 3.27. The van der Waals surface area contributed by atoms with Gasteiger partial charge in [0.15, 0.2) is 5.78 Å². The largest absolute Gasteiger partial charge is 0.459 e. The third-order valence-electron chi connectivity index (χ3n) is 4.04. The summed E-state index contributed by atoms with van der Waals surface area (Å²) in [5.41, 5.74) is 2.20. The Labute approximate surface area is 170 Å². The molecule has 0 amide bonds. The number of hydrogen-bond donors (Lipinski definition) is 0. The molecule has 6 nitrogen and oxygen atoms in total. The van der Waals surface area contributed by atoms with Crippen LogP contribution < -0.4 is 0 Å². The van der Waals surface area contributed by atoms with Gasteiger partial charge in [-0.25, -0.2) is 4.68 Å². The molecule has 3 rings (SSSR count). The molecule has 0 N–H and O–H groups in total. The van der Waals surface area contributed by atoms with Crippen molar-refractivity contribution < 1.29 is 14.3 Å². The highest BCUT2D eigenvalue weighted by Gasteiger charge is 2.19. The molecule has 0 aliphatic heterocycles. The fourth-order valence-electron chi connectivity index (χ4n) is 2.66. The zero-order valence-electron chi connectivity index (χ0n) is 15.0. The summed E-state index contributed by atoms with van der Waals surface area (Å²) in [5.74, 6) is -0.671. The van der Waals surface area contributed by atoms with Crippen molar-refractivity contribution in [2.45, 2.75) is 26.4 Å². The van der Waals surface area contributed by atoms with Gasteiger partial charge in [-0.2, -0.15) is 10.4 Å². The average molecular weight is 414 g/mol. The summed E-state index contributed by atoms with van der Waals surface area (Å²) < 4.78 is 7.44. The molecule has 2 aromatic heterocycles. The van der Waals surface area contributed by atoms with Gasteiger partial charge in [0.1, 0.15) is 18.2 Å². The smallest absolute Gasteiger partial charge is 0.306 e. The van der Waals surface area contributed by atoms with Crippen molar-refractivity contribution in [2.75, 3.05) is 0 Å². The van der Waals surface area contributed by atoms with Crippen LogP contribution in [0.4, 0.5) is 0 Å². The van der Waals surface area contributed by atoms with E-state index in [2.05, 4.69) is 11.2 Å². The van der Waals surface area contributed by atoms with Crippen LogP contribution in [0.5, 0.6) is 0 Å². The molecule has 0 atom stereocenters. The van der Waals surface area contributed by atoms with Crippen molar-refractivity contribution >= 4 is 34.7 Å². The topological polar surface area (TPSA) is 85.0 Å². The fourth-order valence-corrected chi connectivity index (χ4v) is 3.67. The number of rotatable bonds is 7. The van der Waals surface area contributed by atoms with Gasteiger partial charge in [0.05, 0.1) is 32.7 Å². The van der Waals surface area contributed by atoms with E-state index in [4.69, 9.17) is 16.3 Å². The molecule has 0 spiro atoms. The Hall–Kier alpha value is -2.95. The Morgan fingerprint density at radius 2 is 1.96 bits per heavy atom. The van der Waals surface area contributed by atoms with Gasteiger partial charge < -0.3 is 4.74 Å². The second-order valence-electron chi connectivity index (χ2n) is 5.95. The van der Waals surface area contributed by atoms with E-state index < -0.39 is 5.97 Å². The van der Waals surface area contributed by atoms with Crippen molar-refractivity contribution in [3.05, 3.63) is 68.6 Å². The van der Waals surface area contributed by atoms with Crippen LogP contribution in [-0.4, -0.2) is 21.5 Å². The minimum Gasteiger partial charge on any atom is -0.459 e. The lowest BCUT2D eigenvalue weighted by Gasteiger charge is -2.09. The molecular formula is C20H16ClN3O3S. The Kier molecular flexibility index (Phi) is 6.24. The van der Waals surface area contributed by atoms with Crippen LogP contribution in [0.2, 0.25) is 4.34 Å². The van der Waals surface area contributed by atoms with Crippen molar-refractivity contribution in [3.8, 4) is 11.8 Å². The predicted molar refractivity (Wildman–Crippen MR) is 106 cm³/mol. The number of carbonyl (C=O) groups excluding carboxylic acids is 2. The Morgan fingerprint density at radius 1 is 1.21 bits per heavy atom. The van der Waals surface area contributed by atoms with Crippen molar-refractivity contribution in [1.29, 1.82) is 5.26 Å². The molecule has 0 bridgehead atoms. The van der Waals surface area contributed by atoms with Crippen LogP contribution in [0.1, 0.15) is 39.5 Å². The molecule has 2 heterocycles. The minimum absolute atomic E-state index is 0.0394. The zero-order chi connectivity index (χ0) is 20.1. The number of para-hydroxylation sites is 1. The summed E-state index contributed by atoms with van der Waals surface area (Å²) in [6.07, 6.45) is -0.00749. The number of halogens is 1. The number of nitriles is 1. The van der Waals surface area contributed by atoms with E-state index in [-0.39, 0.29) is 25.2 Å². The zero-order valence-corrected chi connectivity index (χ0v) is 16.6. The van der Waals surface area contributed by atoms with Crippen LogP contribution in [0, 0.1) is 18.3 Å². The highest BCUT2D eigenvalue weighted by Crippen LogP contribution is 2.23. The van der Waals surface area contributed by atoms with E-state index in [1.807, 2.05) is 30.3 Å². The molecule has 28 heavy (non-hydrogen) atoms. The first kappa shape index (κ1) is 19.8. The first-order chi connectivity index (χ1) is 13.5. The minimum atomic E-state index is -0.515. The van der Waals surface area contributed by atoms with Gasteiger partial charge in [0, 0.05) is 6.42 Å². The highest BCUT2D eigenvalue weighted by molar-refractivity contribution is 7.18. The summed E-state index contributed by atoms with van der Waals surface area (Å²) >= 11 is 7.00. The lowest BCUT2D eigenvalue weighted by Crippen LogP contribution is -2.11. The first-order valence-electron chi connectivity index (χ1n) is 8.47. The van der Waals surface area contributed by atoms with E-state index >= 15 is 0 Å². The number of ether oxygens (including phenoxy) is 1. The van der Waals surface area contributed by atoms with Crippen molar-refractivity contribution in [2.24, 2.45) is 0 Å². The maximum atomic E-state index is 12.1. The number of ketones is 1. The lowest BCUT2D eigenvalue weighted by atomic mass is 10.2. The molecule has 8 heteroatoms. The standard InChI is InChI=1S/C20H16ClN3O3S/c1-13-15(11-22)16(24(23-13)14-5-3-2-4-6-14)12-27-20(26)10-7-17(25)18-8-9-19(21)28-18/h2-6,8-9H,7,10,12H2,1H3. The third kappa shape index (κ3) is 4.47. The molecule has 0 aliphatic rings. The maximum Gasteiger partial charge on any atom is 0.306 e. The summed E-state index contributed by atoms with van der Waals surface area (Å²) in [6.45, 7) is 1.63. The molecule has 3 aromatic rings. The SMILES string of the molecule is Cc1nn(-c2ccccc2)c(COC(=O)CCC(=O)c2ccc(Cl)s2)c1C#N. The number of benzene rings is 1. The van der Waals surface area contributed by atoms with E-state index in [0.717, 1.165) is 5.69 Å². The van der Waals surface area contributed by atoms with Gasteiger partial charge in [-0.05, 0) is 31.2 Å². The van der Waals surface area contributed by atoms with Gasteiger partial charge in [0.25, 0.3) is 0 Å². The lowest BCUT2D eigenvalue weighted by molar-refractivity contribution is -0.145. The molecule has 0 unspecified atom stereocenters. The van der Waals surface area contributed by atoms with Crippen molar-refractivity contribution in [3.63, 3.8) is 0 Å². The molecule has 0 saturated heterocycles. The number of hydrogen-bond acceptors (Lipinski definition) is 6. The number of nitrogens with zero attached hydrogens (tertiary/aromatic N) is 3. The second-order valence-corrected chi connectivity index (χ2v) is 7.67. The predicted octanol–water partition coefficient (Wildman–Crippen LogP) is 4.47. The van der Waals surface area contributed by atoms with Crippen molar-refractivity contribution in [1.82, 2.24) is 9.78 Å². The van der Waals surface area contributed by atoms with Gasteiger partial charge in [-0.1, -0.05) is 29.8 Å². The molecule has 0 aliphatic carbocycles. The van der Waals surface area contributed by atoms with Gasteiger partial charge in [0.2, 0.25) is 0 Å². The van der Waals surface area contributed by atoms with E-state index in [1.54, 1.807) is 23.7 Å².